The van der Waals surface area contributed by atoms with Crippen LogP contribution >= 0.6 is 0 Å². The number of pyridine rings is 1. The van der Waals surface area contributed by atoms with Gasteiger partial charge < -0.3 is 10.4 Å². The lowest BCUT2D eigenvalue weighted by atomic mass is 10.1. The Morgan fingerprint density at radius 3 is 2.90 bits per heavy atom. The summed E-state index contributed by atoms with van der Waals surface area (Å²) >= 11 is 0. The van der Waals surface area contributed by atoms with Gasteiger partial charge in [0.25, 0.3) is 5.91 Å². The molecule has 0 saturated heterocycles. The van der Waals surface area contributed by atoms with Crippen LogP contribution in [0.4, 0.5) is 0 Å². The number of rotatable bonds is 7. The van der Waals surface area contributed by atoms with Crippen molar-refractivity contribution in [3.05, 3.63) is 29.6 Å². The molecule has 1 amide bonds. The van der Waals surface area contributed by atoms with Gasteiger partial charge in [-0.15, -0.1) is 0 Å². The molecule has 0 unspecified atom stereocenters. The Bertz CT molecular complexity index is 501. The molecule has 0 aromatic carbocycles. The van der Waals surface area contributed by atoms with Crippen molar-refractivity contribution < 1.29 is 9.90 Å². The van der Waals surface area contributed by atoms with Gasteiger partial charge in [0.2, 0.25) is 0 Å². The van der Waals surface area contributed by atoms with Crippen LogP contribution in [0.1, 0.15) is 55.5 Å². The lowest BCUT2D eigenvalue weighted by Crippen LogP contribution is -2.24. The van der Waals surface area contributed by atoms with E-state index in [2.05, 4.69) is 36.0 Å². The van der Waals surface area contributed by atoms with E-state index >= 15 is 0 Å². The monoisotopic (exact) mass is 288 g/mol. The van der Waals surface area contributed by atoms with E-state index in [1.165, 1.54) is 6.42 Å². The zero-order valence-corrected chi connectivity index (χ0v) is 12.9. The van der Waals surface area contributed by atoms with Crippen molar-refractivity contribution in [3.63, 3.8) is 0 Å². The summed E-state index contributed by atoms with van der Waals surface area (Å²) < 4.78 is 0. The van der Waals surface area contributed by atoms with Gasteiger partial charge in [0, 0.05) is 30.9 Å². The molecule has 1 rings (SSSR count). The van der Waals surface area contributed by atoms with Crippen molar-refractivity contribution in [1.82, 2.24) is 10.3 Å². The molecule has 0 fully saturated rings. The number of unbranched alkanes of at least 4 members (excludes halogenated alkanes) is 1. The predicted octanol–water partition coefficient (Wildman–Crippen LogP) is 2.37. The number of hydrogen-bond acceptors (Lipinski definition) is 3. The first-order valence-electron chi connectivity index (χ1n) is 7.46. The normalized spacial score (nSPS) is 10.1. The van der Waals surface area contributed by atoms with Crippen LogP contribution in [0.2, 0.25) is 0 Å². The van der Waals surface area contributed by atoms with Gasteiger partial charge in [0.05, 0.1) is 12.2 Å². The highest BCUT2D eigenvalue weighted by Crippen LogP contribution is 2.06. The number of nitrogens with one attached hydrogen (secondary N) is 1. The van der Waals surface area contributed by atoms with Crippen LogP contribution in [0.5, 0.6) is 0 Å². The van der Waals surface area contributed by atoms with Crippen molar-refractivity contribution in [1.29, 1.82) is 0 Å². The second-order valence-corrected chi connectivity index (χ2v) is 5.38. The molecule has 0 atom stereocenters. The third kappa shape index (κ3) is 7.48. The zero-order valence-electron chi connectivity index (χ0n) is 12.9. The Labute approximate surface area is 127 Å². The topological polar surface area (TPSA) is 62.2 Å². The maximum absolute atomic E-state index is 12.0. The molecule has 114 valence electrons. The van der Waals surface area contributed by atoms with Crippen LogP contribution in [-0.2, 0) is 0 Å². The quantitative estimate of drug-likeness (QED) is 0.598. The molecule has 1 aromatic rings. The van der Waals surface area contributed by atoms with E-state index in [-0.39, 0.29) is 12.5 Å². The Morgan fingerprint density at radius 1 is 1.38 bits per heavy atom. The molecule has 0 aliphatic heterocycles. The molecular weight excluding hydrogens is 264 g/mol. The van der Waals surface area contributed by atoms with Crippen molar-refractivity contribution >= 4 is 5.91 Å². The van der Waals surface area contributed by atoms with Crippen LogP contribution in [-0.4, -0.2) is 29.1 Å². The number of nitrogens with zero attached hydrogens (tertiary/aromatic N) is 1. The van der Waals surface area contributed by atoms with Gasteiger partial charge in [-0.05, 0) is 18.4 Å². The fourth-order valence-corrected chi connectivity index (χ4v) is 1.83. The SMILES string of the molecule is CC(C)CCCCNC(=O)c1cncc(C#CCCO)c1. The van der Waals surface area contributed by atoms with Crippen molar-refractivity contribution in [3.8, 4) is 11.8 Å². The van der Waals surface area contributed by atoms with Gasteiger partial charge in [-0.2, -0.15) is 0 Å². The fourth-order valence-electron chi connectivity index (χ4n) is 1.83. The molecule has 0 aliphatic rings. The Morgan fingerprint density at radius 2 is 2.19 bits per heavy atom. The van der Waals surface area contributed by atoms with E-state index in [0.717, 1.165) is 12.8 Å². The number of carbonyl (C=O) groups is 1. The molecule has 0 radical (unpaired) electrons. The molecule has 0 saturated carbocycles. The van der Waals surface area contributed by atoms with Gasteiger partial charge in [0.1, 0.15) is 0 Å². The first-order chi connectivity index (χ1) is 10.1. The summed E-state index contributed by atoms with van der Waals surface area (Å²) in [5.41, 5.74) is 1.21. The molecule has 4 heteroatoms. The highest BCUT2D eigenvalue weighted by atomic mass is 16.2. The zero-order chi connectivity index (χ0) is 15.5. The lowest BCUT2D eigenvalue weighted by Gasteiger charge is -2.06. The van der Waals surface area contributed by atoms with Crippen molar-refractivity contribution in [2.24, 2.45) is 5.92 Å². The molecular formula is C17H24N2O2. The largest absolute Gasteiger partial charge is 0.395 e. The minimum atomic E-state index is -0.113. The maximum atomic E-state index is 12.0. The molecule has 0 aliphatic carbocycles. The number of aromatic nitrogens is 1. The summed E-state index contributed by atoms with van der Waals surface area (Å²) in [5, 5.41) is 11.6. The second kappa shape index (κ2) is 9.95. The average Bonchev–Trinajstić information content (AvgIpc) is 2.47. The first-order valence-corrected chi connectivity index (χ1v) is 7.46. The standard InChI is InChI=1S/C17H24N2O2/c1-14(2)7-3-5-9-19-17(21)16-11-15(12-18-13-16)8-4-6-10-20/h11-14,20H,3,5-7,9-10H2,1-2H3,(H,19,21). The molecule has 1 heterocycles. The number of hydrogen-bond donors (Lipinski definition) is 2. The van der Waals surface area contributed by atoms with Crippen molar-refractivity contribution in [2.75, 3.05) is 13.2 Å². The van der Waals surface area contributed by atoms with Crippen LogP contribution < -0.4 is 5.32 Å². The summed E-state index contributed by atoms with van der Waals surface area (Å²) in [6, 6.07) is 1.72. The van der Waals surface area contributed by atoms with Crippen LogP contribution in [0.25, 0.3) is 0 Å². The molecule has 4 nitrogen and oxygen atoms in total. The average molecular weight is 288 g/mol. The van der Waals surface area contributed by atoms with Gasteiger partial charge >= 0.3 is 0 Å². The lowest BCUT2D eigenvalue weighted by molar-refractivity contribution is 0.0952. The minimum absolute atomic E-state index is 0.0387. The Kier molecular flexibility index (Phi) is 8.15. The summed E-state index contributed by atoms with van der Waals surface area (Å²) in [6.07, 6.45) is 6.89. The first kappa shape index (κ1) is 17.2. The molecule has 0 spiro atoms. The van der Waals surface area contributed by atoms with Crippen LogP contribution in [0.3, 0.4) is 0 Å². The molecule has 2 N–H and O–H groups in total. The third-order valence-corrected chi connectivity index (χ3v) is 2.96. The van der Waals surface area contributed by atoms with E-state index in [1.807, 2.05) is 0 Å². The highest BCUT2D eigenvalue weighted by Gasteiger charge is 2.05. The van der Waals surface area contributed by atoms with E-state index in [0.29, 0.717) is 30.0 Å². The fraction of sp³-hybridized carbons (Fsp3) is 0.529. The molecule has 1 aromatic heterocycles. The smallest absolute Gasteiger partial charge is 0.252 e. The summed E-state index contributed by atoms with van der Waals surface area (Å²) in [6.45, 7) is 5.13. The van der Waals surface area contributed by atoms with E-state index in [4.69, 9.17) is 5.11 Å². The summed E-state index contributed by atoms with van der Waals surface area (Å²) in [5.74, 6) is 6.29. The second-order valence-electron chi connectivity index (χ2n) is 5.38. The minimum Gasteiger partial charge on any atom is -0.395 e. The van der Waals surface area contributed by atoms with Gasteiger partial charge in [-0.1, -0.05) is 38.5 Å². The van der Waals surface area contributed by atoms with E-state index in [1.54, 1.807) is 18.5 Å². The Balaban J connectivity index is 2.44. The summed E-state index contributed by atoms with van der Waals surface area (Å²) in [7, 11) is 0. The maximum Gasteiger partial charge on any atom is 0.252 e. The number of amides is 1. The van der Waals surface area contributed by atoms with Crippen molar-refractivity contribution in [2.45, 2.75) is 39.5 Å². The number of aliphatic hydroxyl groups is 1. The molecule has 21 heavy (non-hydrogen) atoms. The predicted molar refractivity (Wildman–Crippen MR) is 83.8 cm³/mol. The third-order valence-electron chi connectivity index (χ3n) is 2.96. The van der Waals surface area contributed by atoms with Crippen LogP contribution in [0.15, 0.2) is 18.5 Å². The Hall–Kier alpha value is -1.86. The van der Waals surface area contributed by atoms with E-state index < -0.39 is 0 Å². The van der Waals surface area contributed by atoms with E-state index in [9.17, 15) is 4.79 Å². The highest BCUT2D eigenvalue weighted by molar-refractivity contribution is 5.94. The van der Waals surface area contributed by atoms with Gasteiger partial charge in [-0.25, -0.2) is 0 Å². The van der Waals surface area contributed by atoms with Gasteiger partial charge in [-0.3, -0.25) is 9.78 Å². The van der Waals surface area contributed by atoms with Crippen LogP contribution in [0, 0.1) is 17.8 Å². The van der Waals surface area contributed by atoms with Gasteiger partial charge in [0.15, 0.2) is 0 Å². The molecule has 0 bridgehead atoms. The number of carbonyl (C=O) groups excluding carboxylic acids is 1. The number of aliphatic hydroxyl groups excluding tert-OH is 1. The summed E-state index contributed by atoms with van der Waals surface area (Å²) in [4.78, 5) is 16.0.